The molecule has 84 valence electrons. The van der Waals surface area contributed by atoms with Crippen molar-refractivity contribution in [3.63, 3.8) is 0 Å². The number of aromatic nitrogens is 2. The van der Waals surface area contributed by atoms with Crippen LogP contribution < -0.4 is 5.32 Å². The van der Waals surface area contributed by atoms with Crippen LogP contribution in [0, 0.1) is 12.8 Å². The number of nitrogens with one attached hydrogen (secondary N) is 1. The fourth-order valence-electron chi connectivity index (χ4n) is 2.73. The maximum absolute atomic E-state index is 4.32. The van der Waals surface area contributed by atoms with Crippen molar-refractivity contribution in [3.8, 4) is 0 Å². The lowest BCUT2D eigenvalue weighted by atomic mass is 9.83. The summed E-state index contributed by atoms with van der Waals surface area (Å²) in [6, 6.07) is 1.19. The molecule has 1 aliphatic carbocycles. The summed E-state index contributed by atoms with van der Waals surface area (Å²) in [5, 5.41) is 3.44. The summed E-state index contributed by atoms with van der Waals surface area (Å²) in [5.41, 5.74) is 0. The van der Waals surface area contributed by atoms with Crippen molar-refractivity contribution in [3.05, 3.63) is 18.2 Å². The average molecular weight is 207 g/mol. The summed E-state index contributed by atoms with van der Waals surface area (Å²) < 4.78 is 2.33. The molecule has 0 spiro atoms. The molecule has 15 heavy (non-hydrogen) atoms. The number of hydrogen-bond acceptors (Lipinski definition) is 2. The van der Waals surface area contributed by atoms with Crippen LogP contribution >= 0.6 is 0 Å². The van der Waals surface area contributed by atoms with E-state index in [2.05, 4.69) is 42.0 Å². The molecule has 1 saturated carbocycles. The predicted molar refractivity (Wildman–Crippen MR) is 61.9 cm³/mol. The third kappa shape index (κ3) is 2.07. The Morgan fingerprint density at radius 1 is 1.47 bits per heavy atom. The molecule has 0 bridgehead atoms. The minimum atomic E-state index is 0.584. The van der Waals surface area contributed by atoms with E-state index in [4.69, 9.17) is 0 Å². The van der Waals surface area contributed by atoms with Crippen molar-refractivity contribution in [1.29, 1.82) is 0 Å². The first-order valence-electron chi connectivity index (χ1n) is 5.89. The summed E-state index contributed by atoms with van der Waals surface area (Å²) >= 11 is 0. The Kier molecular flexibility index (Phi) is 3.10. The van der Waals surface area contributed by atoms with Gasteiger partial charge in [0.2, 0.25) is 0 Å². The van der Waals surface area contributed by atoms with Crippen LogP contribution in [0.15, 0.2) is 12.4 Å². The second-order valence-corrected chi connectivity index (χ2v) is 4.76. The van der Waals surface area contributed by atoms with E-state index in [9.17, 15) is 0 Å². The van der Waals surface area contributed by atoms with Crippen LogP contribution in [0.2, 0.25) is 0 Å². The SMILES string of the molecule is CNC1CCC(C)CC1n1ccnc1C. The van der Waals surface area contributed by atoms with Gasteiger partial charge in [0.25, 0.3) is 0 Å². The topological polar surface area (TPSA) is 29.9 Å². The van der Waals surface area contributed by atoms with Crippen molar-refractivity contribution in [1.82, 2.24) is 14.9 Å². The lowest BCUT2D eigenvalue weighted by Crippen LogP contribution is -2.39. The normalized spacial score (nSPS) is 31.8. The number of hydrogen-bond donors (Lipinski definition) is 1. The van der Waals surface area contributed by atoms with Gasteiger partial charge in [0.15, 0.2) is 0 Å². The van der Waals surface area contributed by atoms with E-state index in [-0.39, 0.29) is 0 Å². The van der Waals surface area contributed by atoms with Gasteiger partial charge in [0.05, 0.1) is 6.04 Å². The summed E-state index contributed by atoms with van der Waals surface area (Å²) in [6.45, 7) is 4.44. The maximum atomic E-state index is 4.32. The minimum absolute atomic E-state index is 0.584. The lowest BCUT2D eigenvalue weighted by molar-refractivity contribution is 0.221. The van der Waals surface area contributed by atoms with Gasteiger partial charge >= 0.3 is 0 Å². The maximum Gasteiger partial charge on any atom is 0.105 e. The molecule has 3 heteroatoms. The molecule has 1 fully saturated rings. The van der Waals surface area contributed by atoms with Crippen LogP contribution in [0.4, 0.5) is 0 Å². The number of likely N-dealkylation sites (N-methyl/N-ethyl adjacent to an activating group) is 1. The number of rotatable bonds is 2. The van der Waals surface area contributed by atoms with E-state index in [0.717, 1.165) is 11.7 Å². The molecule has 0 aliphatic heterocycles. The first-order chi connectivity index (χ1) is 7.22. The first-order valence-corrected chi connectivity index (χ1v) is 5.89. The lowest BCUT2D eigenvalue weighted by Gasteiger charge is -2.36. The summed E-state index contributed by atoms with van der Waals surface area (Å²) in [5.74, 6) is 1.97. The molecule has 2 rings (SSSR count). The highest BCUT2D eigenvalue weighted by Crippen LogP contribution is 2.32. The van der Waals surface area contributed by atoms with Gasteiger partial charge in [-0.2, -0.15) is 0 Å². The third-order valence-corrected chi connectivity index (χ3v) is 3.67. The molecular weight excluding hydrogens is 186 g/mol. The Morgan fingerprint density at radius 2 is 2.27 bits per heavy atom. The Balaban J connectivity index is 2.20. The molecule has 3 unspecified atom stereocenters. The predicted octanol–water partition coefficient (Wildman–Crippen LogP) is 2.14. The molecular formula is C12H21N3. The zero-order chi connectivity index (χ0) is 10.8. The van der Waals surface area contributed by atoms with Crippen LogP contribution in [0.3, 0.4) is 0 Å². The third-order valence-electron chi connectivity index (χ3n) is 3.67. The highest BCUT2D eigenvalue weighted by molar-refractivity contribution is 4.97. The number of imidazole rings is 1. The van der Waals surface area contributed by atoms with E-state index in [1.165, 1.54) is 19.3 Å². The summed E-state index contributed by atoms with van der Waals surface area (Å²) in [7, 11) is 2.07. The van der Waals surface area contributed by atoms with Crippen molar-refractivity contribution >= 4 is 0 Å². The Labute approximate surface area is 91.9 Å². The first kappa shape index (κ1) is 10.7. The molecule has 1 heterocycles. The number of aryl methyl sites for hydroxylation is 1. The zero-order valence-electron chi connectivity index (χ0n) is 9.90. The van der Waals surface area contributed by atoms with Gasteiger partial charge in [-0.15, -0.1) is 0 Å². The Hall–Kier alpha value is -0.830. The smallest absolute Gasteiger partial charge is 0.105 e. The fraction of sp³-hybridized carbons (Fsp3) is 0.750. The standard InChI is InChI=1S/C12H21N3/c1-9-4-5-11(13-3)12(8-9)15-7-6-14-10(15)2/h6-7,9,11-13H,4-5,8H2,1-3H3. The molecule has 3 atom stereocenters. The molecule has 0 saturated heterocycles. The number of nitrogens with zero attached hydrogens (tertiary/aromatic N) is 2. The van der Waals surface area contributed by atoms with Gasteiger partial charge in [0.1, 0.15) is 5.82 Å². The Morgan fingerprint density at radius 3 is 2.87 bits per heavy atom. The molecule has 1 N–H and O–H groups in total. The highest BCUT2D eigenvalue weighted by Gasteiger charge is 2.29. The molecule has 0 aromatic carbocycles. The van der Waals surface area contributed by atoms with Gasteiger partial charge in [-0.1, -0.05) is 6.92 Å². The van der Waals surface area contributed by atoms with E-state index < -0.39 is 0 Å². The van der Waals surface area contributed by atoms with Gasteiger partial charge in [-0.25, -0.2) is 4.98 Å². The summed E-state index contributed by atoms with van der Waals surface area (Å²) in [4.78, 5) is 4.32. The van der Waals surface area contributed by atoms with Crippen molar-refractivity contribution < 1.29 is 0 Å². The van der Waals surface area contributed by atoms with Gasteiger partial charge < -0.3 is 9.88 Å². The van der Waals surface area contributed by atoms with Crippen LogP contribution in [0.1, 0.15) is 38.1 Å². The molecule has 1 aromatic rings. The fourth-order valence-corrected chi connectivity index (χ4v) is 2.73. The molecule has 0 amide bonds. The van der Waals surface area contributed by atoms with Crippen LogP contribution in [0.25, 0.3) is 0 Å². The van der Waals surface area contributed by atoms with Gasteiger partial charge in [-0.05, 0) is 39.2 Å². The van der Waals surface area contributed by atoms with Crippen molar-refractivity contribution in [2.24, 2.45) is 5.92 Å². The minimum Gasteiger partial charge on any atom is -0.331 e. The van der Waals surface area contributed by atoms with Gasteiger partial charge in [0, 0.05) is 18.4 Å². The second-order valence-electron chi connectivity index (χ2n) is 4.76. The van der Waals surface area contributed by atoms with E-state index in [1.807, 2.05) is 6.20 Å². The van der Waals surface area contributed by atoms with E-state index in [0.29, 0.717) is 12.1 Å². The quantitative estimate of drug-likeness (QED) is 0.805. The molecule has 3 nitrogen and oxygen atoms in total. The van der Waals surface area contributed by atoms with Crippen LogP contribution in [0.5, 0.6) is 0 Å². The highest BCUT2D eigenvalue weighted by atomic mass is 15.1. The molecule has 0 radical (unpaired) electrons. The van der Waals surface area contributed by atoms with Crippen molar-refractivity contribution in [2.45, 2.75) is 45.2 Å². The Bertz CT molecular complexity index is 318. The van der Waals surface area contributed by atoms with Gasteiger partial charge in [-0.3, -0.25) is 0 Å². The average Bonchev–Trinajstić information content (AvgIpc) is 2.64. The largest absolute Gasteiger partial charge is 0.331 e. The van der Waals surface area contributed by atoms with E-state index >= 15 is 0 Å². The zero-order valence-corrected chi connectivity index (χ0v) is 9.90. The summed E-state index contributed by atoms with van der Waals surface area (Å²) in [6.07, 6.45) is 7.90. The van der Waals surface area contributed by atoms with Crippen LogP contribution in [-0.4, -0.2) is 22.6 Å². The monoisotopic (exact) mass is 207 g/mol. The molecule has 1 aromatic heterocycles. The second kappa shape index (κ2) is 4.35. The molecule has 1 aliphatic rings. The van der Waals surface area contributed by atoms with E-state index in [1.54, 1.807) is 0 Å². The van der Waals surface area contributed by atoms with Crippen LogP contribution in [-0.2, 0) is 0 Å². The van der Waals surface area contributed by atoms with Crippen molar-refractivity contribution in [2.75, 3.05) is 7.05 Å².